The standard InChI is InChI=1S/C23H27N3/c1-16(24-2)17-7-9-18(10-8-17)19-11-13-20(14-12-19)22-15-25-23(26-22)21-5-3-4-6-21/h7-16,21,24H,3-6H2,1-2H3,(H,25,26). The first kappa shape index (κ1) is 17.0. The highest BCUT2D eigenvalue weighted by Crippen LogP contribution is 2.33. The van der Waals surface area contributed by atoms with Crippen molar-refractivity contribution in [1.82, 2.24) is 15.3 Å². The van der Waals surface area contributed by atoms with E-state index in [9.17, 15) is 0 Å². The van der Waals surface area contributed by atoms with Gasteiger partial charge in [0.2, 0.25) is 0 Å². The van der Waals surface area contributed by atoms with Crippen molar-refractivity contribution in [2.24, 2.45) is 0 Å². The van der Waals surface area contributed by atoms with Crippen molar-refractivity contribution in [1.29, 1.82) is 0 Å². The molecule has 0 aliphatic heterocycles. The Bertz CT molecular complexity index is 840. The van der Waals surface area contributed by atoms with Crippen LogP contribution in [-0.2, 0) is 0 Å². The van der Waals surface area contributed by atoms with E-state index in [0.29, 0.717) is 12.0 Å². The summed E-state index contributed by atoms with van der Waals surface area (Å²) in [6, 6.07) is 17.9. The van der Waals surface area contributed by atoms with E-state index in [-0.39, 0.29) is 0 Å². The molecule has 134 valence electrons. The second kappa shape index (κ2) is 7.46. The van der Waals surface area contributed by atoms with Crippen LogP contribution in [0.1, 0.15) is 56.0 Å². The first-order valence-electron chi connectivity index (χ1n) is 9.67. The summed E-state index contributed by atoms with van der Waals surface area (Å²) in [5, 5.41) is 3.28. The first-order chi connectivity index (χ1) is 12.7. The minimum Gasteiger partial charge on any atom is -0.342 e. The molecule has 2 N–H and O–H groups in total. The summed E-state index contributed by atoms with van der Waals surface area (Å²) < 4.78 is 0. The third-order valence-corrected chi connectivity index (χ3v) is 5.71. The average Bonchev–Trinajstić information content (AvgIpc) is 3.39. The SMILES string of the molecule is CNC(C)c1ccc(-c2ccc(-c3cnc(C4CCCC4)[nH]3)cc2)cc1. The lowest BCUT2D eigenvalue weighted by molar-refractivity contribution is 0.652. The Labute approximate surface area is 155 Å². The number of hydrogen-bond acceptors (Lipinski definition) is 2. The summed E-state index contributed by atoms with van der Waals surface area (Å²) in [6.45, 7) is 2.17. The van der Waals surface area contributed by atoms with Crippen molar-refractivity contribution in [3.8, 4) is 22.4 Å². The number of benzene rings is 2. The summed E-state index contributed by atoms with van der Waals surface area (Å²) in [7, 11) is 1.99. The molecule has 3 aromatic rings. The van der Waals surface area contributed by atoms with E-state index in [0.717, 1.165) is 11.5 Å². The fourth-order valence-corrected chi connectivity index (χ4v) is 3.86. The third kappa shape index (κ3) is 3.45. The van der Waals surface area contributed by atoms with Crippen LogP contribution in [0, 0.1) is 0 Å². The molecular formula is C23H27N3. The van der Waals surface area contributed by atoms with Gasteiger partial charge in [0.1, 0.15) is 5.82 Å². The van der Waals surface area contributed by atoms with E-state index in [4.69, 9.17) is 0 Å². The highest BCUT2D eigenvalue weighted by Gasteiger charge is 2.19. The number of rotatable bonds is 5. The Kier molecular flexibility index (Phi) is 4.89. The largest absolute Gasteiger partial charge is 0.342 e. The van der Waals surface area contributed by atoms with E-state index in [1.807, 2.05) is 13.2 Å². The van der Waals surface area contributed by atoms with Gasteiger partial charge in [0.15, 0.2) is 0 Å². The van der Waals surface area contributed by atoms with Gasteiger partial charge in [-0.1, -0.05) is 61.4 Å². The van der Waals surface area contributed by atoms with Crippen LogP contribution >= 0.6 is 0 Å². The van der Waals surface area contributed by atoms with Gasteiger partial charge in [-0.2, -0.15) is 0 Å². The molecular weight excluding hydrogens is 318 g/mol. The lowest BCUT2D eigenvalue weighted by Crippen LogP contribution is -2.11. The molecule has 1 unspecified atom stereocenters. The Morgan fingerprint density at radius 3 is 2.12 bits per heavy atom. The Balaban J connectivity index is 1.51. The zero-order valence-electron chi connectivity index (χ0n) is 15.6. The van der Waals surface area contributed by atoms with Gasteiger partial charge in [-0.05, 0) is 49.1 Å². The molecule has 0 saturated heterocycles. The fourth-order valence-electron chi connectivity index (χ4n) is 3.86. The molecule has 26 heavy (non-hydrogen) atoms. The van der Waals surface area contributed by atoms with Gasteiger partial charge in [0, 0.05) is 12.0 Å². The van der Waals surface area contributed by atoms with E-state index < -0.39 is 0 Å². The van der Waals surface area contributed by atoms with Crippen molar-refractivity contribution in [3.63, 3.8) is 0 Å². The van der Waals surface area contributed by atoms with E-state index in [1.54, 1.807) is 0 Å². The third-order valence-electron chi connectivity index (χ3n) is 5.71. The molecule has 3 nitrogen and oxygen atoms in total. The lowest BCUT2D eigenvalue weighted by Gasteiger charge is -2.11. The molecule has 1 aliphatic carbocycles. The smallest absolute Gasteiger partial charge is 0.109 e. The number of aromatic nitrogens is 2. The highest BCUT2D eigenvalue weighted by molar-refractivity contribution is 5.68. The number of H-pyrrole nitrogens is 1. The summed E-state index contributed by atoms with van der Waals surface area (Å²) >= 11 is 0. The number of nitrogens with one attached hydrogen (secondary N) is 2. The van der Waals surface area contributed by atoms with Gasteiger partial charge in [0.25, 0.3) is 0 Å². The molecule has 2 aromatic carbocycles. The van der Waals surface area contributed by atoms with Gasteiger partial charge in [-0.3, -0.25) is 0 Å². The molecule has 3 heteroatoms. The normalized spacial score (nSPS) is 16.1. The van der Waals surface area contributed by atoms with Crippen LogP contribution in [0.4, 0.5) is 0 Å². The molecule has 0 spiro atoms. The zero-order chi connectivity index (χ0) is 17.9. The van der Waals surface area contributed by atoms with Crippen molar-refractivity contribution in [2.75, 3.05) is 7.05 Å². The molecule has 0 amide bonds. The van der Waals surface area contributed by atoms with Gasteiger partial charge in [0.05, 0.1) is 11.9 Å². The van der Waals surface area contributed by atoms with Crippen LogP contribution in [0.5, 0.6) is 0 Å². The molecule has 0 radical (unpaired) electrons. The molecule has 1 fully saturated rings. The maximum absolute atomic E-state index is 4.63. The van der Waals surface area contributed by atoms with Crippen LogP contribution < -0.4 is 5.32 Å². The number of imidazole rings is 1. The van der Waals surface area contributed by atoms with Gasteiger partial charge in [-0.15, -0.1) is 0 Å². The second-order valence-electron chi connectivity index (χ2n) is 7.37. The van der Waals surface area contributed by atoms with E-state index in [1.165, 1.54) is 47.9 Å². The number of aromatic amines is 1. The van der Waals surface area contributed by atoms with Crippen molar-refractivity contribution in [3.05, 3.63) is 66.1 Å². The highest BCUT2D eigenvalue weighted by atomic mass is 14.9. The first-order valence-corrected chi connectivity index (χ1v) is 9.67. The molecule has 1 aliphatic rings. The Morgan fingerprint density at radius 1 is 0.923 bits per heavy atom. The van der Waals surface area contributed by atoms with Gasteiger partial charge < -0.3 is 10.3 Å². The summed E-state index contributed by atoms with van der Waals surface area (Å²) in [6.07, 6.45) is 7.20. The molecule has 1 aromatic heterocycles. The molecule has 1 saturated carbocycles. The Morgan fingerprint density at radius 2 is 1.50 bits per heavy atom. The quantitative estimate of drug-likeness (QED) is 0.624. The lowest BCUT2D eigenvalue weighted by atomic mass is 10.00. The molecule has 0 bridgehead atoms. The monoisotopic (exact) mass is 345 g/mol. The van der Waals surface area contributed by atoms with Crippen molar-refractivity contribution in [2.45, 2.75) is 44.6 Å². The van der Waals surface area contributed by atoms with Gasteiger partial charge >= 0.3 is 0 Å². The summed E-state index contributed by atoms with van der Waals surface area (Å²) in [4.78, 5) is 8.17. The molecule has 1 atom stereocenters. The predicted molar refractivity (Wildman–Crippen MR) is 108 cm³/mol. The number of nitrogens with zero attached hydrogens (tertiary/aromatic N) is 1. The van der Waals surface area contributed by atoms with Crippen molar-refractivity contribution >= 4 is 0 Å². The van der Waals surface area contributed by atoms with Crippen molar-refractivity contribution < 1.29 is 0 Å². The predicted octanol–water partition coefficient (Wildman–Crippen LogP) is 5.68. The fraction of sp³-hybridized carbons (Fsp3) is 0.348. The maximum Gasteiger partial charge on any atom is 0.109 e. The van der Waals surface area contributed by atoms with E-state index >= 15 is 0 Å². The van der Waals surface area contributed by atoms with Crippen LogP contribution in [0.25, 0.3) is 22.4 Å². The summed E-state index contributed by atoms with van der Waals surface area (Å²) in [5.41, 5.74) is 6.13. The minimum absolute atomic E-state index is 0.376. The maximum atomic E-state index is 4.63. The van der Waals surface area contributed by atoms with Crippen LogP contribution in [-0.4, -0.2) is 17.0 Å². The second-order valence-corrected chi connectivity index (χ2v) is 7.37. The molecule has 1 heterocycles. The van der Waals surface area contributed by atoms with Gasteiger partial charge in [-0.25, -0.2) is 4.98 Å². The summed E-state index contributed by atoms with van der Waals surface area (Å²) in [5.74, 6) is 1.79. The number of hydrogen-bond donors (Lipinski definition) is 2. The Hall–Kier alpha value is -2.39. The van der Waals surface area contributed by atoms with E-state index in [2.05, 4.69) is 70.7 Å². The van der Waals surface area contributed by atoms with Crippen LogP contribution in [0.3, 0.4) is 0 Å². The van der Waals surface area contributed by atoms with Crippen LogP contribution in [0.2, 0.25) is 0 Å². The average molecular weight is 345 g/mol. The topological polar surface area (TPSA) is 40.7 Å². The zero-order valence-corrected chi connectivity index (χ0v) is 15.6. The van der Waals surface area contributed by atoms with Crippen LogP contribution in [0.15, 0.2) is 54.7 Å². The minimum atomic E-state index is 0.376. The molecule has 4 rings (SSSR count).